The number of carbonyl (C=O) groups excluding carboxylic acids is 2. The van der Waals surface area contributed by atoms with Crippen LogP contribution < -0.4 is 5.32 Å². The minimum atomic E-state index is -1.23. The number of terminal acetylenes is 1. The Bertz CT molecular complexity index is 851. The van der Waals surface area contributed by atoms with Crippen LogP contribution in [0, 0.1) is 24.2 Å². The summed E-state index contributed by atoms with van der Waals surface area (Å²) in [6, 6.07) is 0.913. The van der Waals surface area contributed by atoms with Crippen molar-refractivity contribution < 1.29 is 19.5 Å². The zero-order chi connectivity index (χ0) is 19.2. The minimum Gasteiger partial charge on any atom is -0.480 e. The van der Waals surface area contributed by atoms with Gasteiger partial charge in [-0.2, -0.15) is 0 Å². The van der Waals surface area contributed by atoms with Gasteiger partial charge in [0.1, 0.15) is 6.04 Å². The summed E-state index contributed by atoms with van der Waals surface area (Å²) in [5.74, 6) is -1.87. The fourth-order valence-electron chi connectivity index (χ4n) is 3.58. The number of rotatable bonds is 4. The van der Waals surface area contributed by atoms with Crippen LogP contribution in [-0.2, 0) is 14.4 Å². The van der Waals surface area contributed by atoms with Crippen LogP contribution in [0.3, 0.4) is 0 Å². The lowest BCUT2D eigenvalue weighted by atomic mass is 9.86. The number of carboxylic acids is 1. The molecule has 3 rings (SSSR count). The van der Waals surface area contributed by atoms with Crippen molar-refractivity contribution in [3.8, 4) is 12.3 Å². The maximum atomic E-state index is 12.8. The largest absolute Gasteiger partial charge is 0.480 e. The van der Waals surface area contributed by atoms with E-state index in [0.29, 0.717) is 5.56 Å². The van der Waals surface area contributed by atoms with Crippen molar-refractivity contribution in [2.45, 2.75) is 18.5 Å². The quantitative estimate of drug-likeness (QED) is 0.448. The molecule has 6 nitrogen and oxygen atoms in total. The van der Waals surface area contributed by atoms with Crippen molar-refractivity contribution in [1.29, 1.82) is 0 Å². The second-order valence-electron chi connectivity index (χ2n) is 6.08. The molecule has 2 aliphatic rings. The van der Waals surface area contributed by atoms with Gasteiger partial charge in [-0.1, -0.05) is 34.8 Å². The number of amides is 2. The molecule has 2 aliphatic heterocycles. The first kappa shape index (κ1) is 19.0. The van der Waals surface area contributed by atoms with Crippen LogP contribution in [0.1, 0.15) is 18.0 Å². The highest BCUT2D eigenvalue weighted by molar-refractivity contribution is 6.43. The van der Waals surface area contributed by atoms with Gasteiger partial charge in [0.15, 0.2) is 0 Å². The van der Waals surface area contributed by atoms with Gasteiger partial charge in [-0.25, -0.2) is 0 Å². The van der Waals surface area contributed by atoms with E-state index in [1.165, 1.54) is 12.1 Å². The van der Waals surface area contributed by atoms with Crippen molar-refractivity contribution in [3.05, 3.63) is 32.8 Å². The third-order valence-electron chi connectivity index (χ3n) is 4.67. The average Bonchev–Trinajstić information content (AvgIpc) is 3.08. The Hall–Kier alpha value is -1.78. The topological polar surface area (TPSA) is 86.7 Å². The highest BCUT2D eigenvalue weighted by Crippen LogP contribution is 2.47. The van der Waals surface area contributed by atoms with Gasteiger partial charge in [0.2, 0.25) is 11.8 Å². The maximum absolute atomic E-state index is 12.8. The number of fused-ring (bicyclic) bond motifs is 1. The van der Waals surface area contributed by atoms with Crippen molar-refractivity contribution in [1.82, 2.24) is 10.2 Å². The maximum Gasteiger partial charge on any atom is 0.321 e. The lowest BCUT2D eigenvalue weighted by Crippen LogP contribution is -2.43. The van der Waals surface area contributed by atoms with Crippen LogP contribution in [0.25, 0.3) is 0 Å². The van der Waals surface area contributed by atoms with E-state index >= 15 is 0 Å². The molecule has 4 unspecified atom stereocenters. The molecule has 2 fully saturated rings. The number of hydrogen-bond donors (Lipinski definition) is 2. The van der Waals surface area contributed by atoms with Crippen molar-refractivity contribution in [2.75, 3.05) is 6.54 Å². The number of imide groups is 1. The van der Waals surface area contributed by atoms with Gasteiger partial charge in [-0.05, 0) is 17.7 Å². The molecule has 1 aromatic carbocycles. The number of likely N-dealkylation sites (tertiary alicyclic amines) is 1. The van der Waals surface area contributed by atoms with Crippen LogP contribution in [-0.4, -0.2) is 40.4 Å². The number of hydrogen-bond acceptors (Lipinski definition) is 4. The van der Waals surface area contributed by atoms with Crippen LogP contribution >= 0.6 is 34.8 Å². The summed E-state index contributed by atoms with van der Waals surface area (Å²) < 4.78 is 0. The molecule has 0 bridgehead atoms. The molecule has 0 aromatic heterocycles. The molecular formula is C17H13Cl3N2O4. The van der Waals surface area contributed by atoms with E-state index in [1.54, 1.807) is 0 Å². The monoisotopic (exact) mass is 414 g/mol. The summed E-state index contributed by atoms with van der Waals surface area (Å²) in [4.78, 5) is 38.2. The number of benzene rings is 1. The first-order valence-electron chi connectivity index (χ1n) is 7.70. The van der Waals surface area contributed by atoms with E-state index in [4.69, 9.17) is 41.2 Å². The summed E-state index contributed by atoms with van der Waals surface area (Å²) in [5, 5.41) is 13.0. The summed E-state index contributed by atoms with van der Waals surface area (Å²) in [6.07, 6.45) is 5.40. The second kappa shape index (κ2) is 7.09. The van der Waals surface area contributed by atoms with Gasteiger partial charge in [-0.3, -0.25) is 24.6 Å². The van der Waals surface area contributed by atoms with Crippen LogP contribution in [0.15, 0.2) is 12.1 Å². The van der Waals surface area contributed by atoms with Crippen LogP contribution in [0.5, 0.6) is 0 Å². The second-order valence-corrected chi connectivity index (χ2v) is 7.31. The molecule has 2 saturated heterocycles. The van der Waals surface area contributed by atoms with E-state index in [0.717, 1.165) is 4.90 Å². The molecule has 2 amide bonds. The zero-order valence-electron chi connectivity index (χ0n) is 13.2. The number of aliphatic carboxylic acids is 1. The SMILES string of the molecule is C#CCCN1C(=O)C2C(C(=O)O)NC(c3cc(Cl)cc(Cl)c3Cl)C2C1=O. The number of nitrogens with zero attached hydrogens (tertiary/aromatic N) is 1. The molecular weight excluding hydrogens is 403 g/mol. The Kier molecular flexibility index (Phi) is 5.18. The Balaban J connectivity index is 2.07. The molecule has 1 aromatic rings. The lowest BCUT2D eigenvalue weighted by molar-refractivity contribution is -0.146. The van der Waals surface area contributed by atoms with Crippen LogP contribution in [0.2, 0.25) is 15.1 Å². The van der Waals surface area contributed by atoms with Crippen molar-refractivity contribution in [3.63, 3.8) is 0 Å². The van der Waals surface area contributed by atoms with E-state index in [1.807, 2.05) is 0 Å². The number of nitrogens with one attached hydrogen (secondary N) is 1. The molecule has 0 saturated carbocycles. The summed E-state index contributed by atoms with van der Waals surface area (Å²) in [6.45, 7) is 0.0459. The molecule has 2 heterocycles. The molecule has 0 radical (unpaired) electrons. The average molecular weight is 416 g/mol. The van der Waals surface area contributed by atoms with Gasteiger partial charge in [-0.15, -0.1) is 12.3 Å². The standard InChI is InChI=1S/C17H13Cl3N2O4/c1-2-3-4-22-15(23)10-11(16(22)24)14(17(25)26)21-13(10)8-5-7(18)6-9(19)12(8)20/h1,5-6,10-11,13-14,21H,3-4H2,(H,25,26). The summed E-state index contributed by atoms with van der Waals surface area (Å²) in [5.41, 5.74) is 0.378. The summed E-state index contributed by atoms with van der Waals surface area (Å²) >= 11 is 18.3. The molecule has 4 atom stereocenters. The van der Waals surface area contributed by atoms with E-state index in [2.05, 4.69) is 11.2 Å². The predicted molar refractivity (Wildman–Crippen MR) is 95.9 cm³/mol. The Morgan fingerprint density at radius 2 is 1.88 bits per heavy atom. The van der Waals surface area contributed by atoms with Crippen molar-refractivity contribution in [2.24, 2.45) is 11.8 Å². The van der Waals surface area contributed by atoms with Gasteiger partial charge >= 0.3 is 5.97 Å². The fourth-order valence-corrected chi connectivity index (χ4v) is 4.32. The first-order valence-corrected chi connectivity index (χ1v) is 8.83. The first-order chi connectivity index (χ1) is 12.3. The smallest absolute Gasteiger partial charge is 0.321 e. The van der Waals surface area contributed by atoms with E-state index in [-0.39, 0.29) is 28.0 Å². The molecule has 26 heavy (non-hydrogen) atoms. The molecule has 2 N–H and O–H groups in total. The normalized spacial score (nSPS) is 27.5. The molecule has 136 valence electrons. The van der Waals surface area contributed by atoms with Crippen LogP contribution in [0.4, 0.5) is 0 Å². The third kappa shape index (κ3) is 2.95. The number of carbonyl (C=O) groups is 3. The minimum absolute atomic E-state index is 0.0459. The molecule has 9 heteroatoms. The van der Waals surface area contributed by atoms with Gasteiger partial charge < -0.3 is 5.11 Å². The van der Waals surface area contributed by atoms with Crippen molar-refractivity contribution >= 4 is 52.6 Å². The fraction of sp³-hybridized carbons (Fsp3) is 0.353. The highest BCUT2D eigenvalue weighted by atomic mass is 35.5. The predicted octanol–water partition coefficient (Wildman–Crippen LogP) is 2.37. The Labute approximate surface area is 164 Å². The summed E-state index contributed by atoms with van der Waals surface area (Å²) in [7, 11) is 0. The third-order valence-corrected chi connectivity index (χ3v) is 5.70. The van der Waals surface area contributed by atoms with Gasteiger partial charge in [0.05, 0.1) is 21.9 Å². The molecule has 0 spiro atoms. The lowest BCUT2D eigenvalue weighted by Gasteiger charge is -2.22. The van der Waals surface area contributed by atoms with E-state index < -0.39 is 41.7 Å². The number of carboxylic acid groups (broad SMARTS) is 1. The Morgan fingerprint density at radius 1 is 1.23 bits per heavy atom. The number of halogens is 3. The highest BCUT2D eigenvalue weighted by Gasteiger charge is 2.61. The van der Waals surface area contributed by atoms with Gasteiger partial charge in [0.25, 0.3) is 0 Å². The molecule has 0 aliphatic carbocycles. The zero-order valence-corrected chi connectivity index (χ0v) is 15.5. The van der Waals surface area contributed by atoms with E-state index in [9.17, 15) is 19.5 Å². The Morgan fingerprint density at radius 3 is 2.50 bits per heavy atom. The van der Waals surface area contributed by atoms with Gasteiger partial charge in [0, 0.05) is 24.0 Å².